The second-order valence-corrected chi connectivity index (χ2v) is 2.64. The first-order valence-corrected chi connectivity index (χ1v) is 4.07. The molecule has 2 nitrogen and oxygen atoms in total. The summed E-state index contributed by atoms with van der Waals surface area (Å²) in [5.41, 5.74) is 0. The van der Waals surface area contributed by atoms with E-state index in [9.17, 15) is 0 Å². The maximum atomic E-state index is 3.92. The van der Waals surface area contributed by atoms with Crippen LogP contribution in [-0.4, -0.2) is 14.9 Å². The first-order chi connectivity index (χ1) is 4.43. The highest BCUT2D eigenvalue weighted by molar-refractivity contribution is 9.09. The van der Waals surface area contributed by atoms with Gasteiger partial charge >= 0.3 is 0 Å². The Bertz CT molecular complexity index is 153. The van der Waals surface area contributed by atoms with E-state index >= 15 is 0 Å². The van der Waals surface area contributed by atoms with Crippen molar-refractivity contribution in [1.82, 2.24) is 9.55 Å². The van der Waals surface area contributed by atoms with Gasteiger partial charge in [-0.3, -0.25) is 0 Å². The second-order valence-electron chi connectivity index (χ2n) is 1.84. The van der Waals surface area contributed by atoms with E-state index in [2.05, 4.69) is 25.5 Å². The molecule has 1 rings (SSSR count). The lowest BCUT2D eigenvalue weighted by molar-refractivity contribution is 0.685. The lowest BCUT2D eigenvalue weighted by Gasteiger charge is -1.95. The molecule has 0 saturated heterocycles. The minimum Gasteiger partial charge on any atom is -0.337 e. The van der Waals surface area contributed by atoms with E-state index in [-0.39, 0.29) is 34.0 Å². The van der Waals surface area contributed by atoms with Crippen LogP contribution in [0.25, 0.3) is 0 Å². The summed E-state index contributed by atoms with van der Waals surface area (Å²) in [6.45, 7) is 1.06. The molecule has 0 fully saturated rings. The van der Waals surface area contributed by atoms with Gasteiger partial charge in [-0.15, -0.1) is 34.0 Å². The van der Waals surface area contributed by atoms with Crippen molar-refractivity contribution in [3.63, 3.8) is 0 Å². The minimum absolute atomic E-state index is 0. The Morgan fingerprint density at radius 3 is 2.55 bits per heavy atom. The van der Waals surface area contributed by atoms with E-state index in [1.807, 2.05) is 12.5 Å². The molecule has 0 saturated carbocycles. The summed E-state index contributed by atoms with van der Waals surface area (Å²) in [5.74, 6) is 0. The van der Waals surface area contributed by atoms with Crippen LogP contribution in [0.1, 0.15) is 6.42 Å². The summed E-state index contributed by atoms with van der Waals surface area (Å²) >= 11 is 3.36. The molecule has 0 amide bonds. The highest BCUT2D eigenvalue weighted by Crippen LogP contribution is 1.92. The average Bonchev–Trinajstić information content (AvgIpc) is 2.34. The highest BCUT2D eigenvalue weighted by atomic mass is 79.9. The Labute approximate surface area is 96.1 Å². The van der Waals surface area contributed by atoms with Crippen molar-refractivity contribution in [1.29, 1.82) is 0 Å². The van der Waals surface area contributed by atoms with Gasteiger partial charge in [-0.2, -0.15) is 0 Å². The number of aryl methyl sites for hydroxylation is 1. The molecular formula is C6H11Br3N2. The molecule has 0 radical (unpaired) electrons. The van der Waals surface area contributed by atoms with Gasteiger partial charge < -0.3 is 4.57 Å². The van der Waals surface area contributed by atoms with Crippen molar-refractivity contribution < 1.29 is 0 Å². The summed E-state index contributed by atoms with van der Waals surface area (Å²) in [4.78, 5) is 3.92. The van der Waals surface area contributed by atoms with Crippen LogP contribution < -0.4 is 0 Å². The van der Waals surface area contributed by atoms with E-state index in [4.69, 9.17) is 0 Å². The molecule has 1 heterocycles. The molecule has 0 aliphatic rings. The van der Waals surface area contributed by atoms with Crippen LogP contribution in [0.15, 0.2) is 18.7 Å². The zero-order chi connectivity index (χ0) is 6.53. The normalized spacial score (nSPS) is 8.09. The molecule has 0 aromatic carbocycles. The summed E-state index contributed by atoms with van der Waals surface area (Å²) in [6, 6.07) is 0. The van der Waals surface area contributed by atoms with Crippen LogP contribution >= 0.6 is 49.9 Å². The van der Waals surface area contributed by atoms with Gasteiger partial charge in [-0.1, -0.05) is 15.9 Å². The molecule has 0 bridgehead atoms. The molecule has 1 aromatic rings. The molecule has 0 unspecified atom stereocenters. The Hall–Kier alpha value is 0.650. The van der Waals surface area contributed by atoms with Gasteiger partial charge in [0.15, 0.2) is 0 Å². The average molecular weight is 351 g/mol. The third-order valence-corrected chi connectivity index (χ3v) is 1.67. The molecule has 66 valence electrons. The molecule has 0 atom stereocenters. The highest BCUT2D eigenvalue weighted by Gasteiger charge is 1.85. The summed E-state index contributed by atoms with van der Waals surface area (Å²) in [6.07, 6.45) is 6.77. The molecule has 0 aliphatic carbocycles. The van der Waals surface area contributed by atoms with Crippen LogP contribution in [0.2, 0.25) is 0 Å². The molecular weight excluding hydrogens is 340 g/mol. The number of halogens is 3. The molecule has 0 spiro atoms. The summed E-state index contributed by atoms with van der Waals surface area (Å²) in [7, 11) is 0. The fourth-order valence-electron chi connectivity index (χ4n) is 0.661. The molecule has 5 heteroatoms. The van der Waals surface area contributed by atoms with Crippen molar-refractivity contribution in [2.24, 2.45) is 0 Å². The maximum absolute atomic E-state index is 3.92. The zero-order valence-electron chi connectivity index (χ0n) is 5.94. The van der Waals surface area contributed by atoms with E-state index in [0.29, 0.717) is 0 Å². The number of hydrogen-bond acceptors (Lipinski definition) is 1. The fourth-order valence-corrected chi connectivity index (χ4v) is 0.912. The van der Waals surface area contributed by atoms with E-state index < -0.39 is 0 Å². The van der Waals surface area contributed by atoms with Crippen molar-refractivity contribution in [3.05, 3.63) is 18.7 Å². The molecule has 11 heavy (non-hydrogen) atoms. The maximum Gasteiger partial charge on any atom is 0.0945 e. The quantitative estimate of drug-likeness (QED) is 0.766. The van der Waals surface area contributed by atoms with Crippen LogP contribution in [0.4, 0.5) is 0 Å². The summed E-state index contributed by atoms with van der Waals surface area (Å²) < 4.78 is 2.07. The molecule has 0 N–H and O–H groups in total. The number of nitrogens with zero attached hydrogens (tertiary/aromatic N) is 2. The van der Waals surface area contributed by atoms with Crippen molar-refractivity contribution in [3.8, 4) is 0 Å². The fraction of sp³-hybridized carbons (Fsp3) is 0.500. The van der Waals surface area contributed by atoms with Crippen molar-refractivity contribution in [2.45, 2.75) is 13.0 Å². The smallest absolute Gasteiger partial charge is 0.0945 e. The van der Waals surface area contributed by atoms with E-state index in [1.165, 1.54) is 0 Å². The van der Waals surface area contributed by atoms with Crippen molar-refractivity contribution >= 4 is 49.9 Å². The van der Waals surface area contributed by atoms with Crippen molar-refractivity contribution in [2.75, 3.05) is 5.33 Å². The van der Waals surface area contributed by atoms with Gasteiger partial charge in [-0.05, 0) is 6.42 Å². The number of alkyl halides is 1. The zero-order valence-corrected chi connectivity index (χ0v) is 11.0. The first kappa shape index (κ1) is 14.2. The largest absolute Gasteiger partial charge is 0.337 e. The Morgan fingerprint density at radius 2 is 2.09 bits per heavy atom. The predicted molar refractivity (Wildman–Crippen MR) is 61.3 cm³/mol. The Balaban J connectivity index is 0. The predicted octanol–water partition coefficient (Wildman–Crippen LogP) is 2.82. The number of rotatable bonds is 3. The minimum atomic E-state index is 0. The van der Waals surface area contributed by atoms with Crippen LogP contribution in [0.5, 0.6) is 0 Å². The SMILES string of the molecule is Br.Br.BrCCCn1ccnc1. The van der Waals surface area contributed by atoms with Gasteiger partial charge in [0.25, 0.3) is 0 Å². The number of imidazole rings is 1. The van der Waals surface area contributed by atoms with Gasteiger partial charge in [0, 0.05) is 24.3 Å². The number of aromatic nitrogens is 2. The van der Waals surface area contributed by atoms with Crippen LogP contribution in [0.3, 0.4) is 0 Å². The third kappa shape index (κ3) is 5.87. The lowest BCUT2D eigenvalue weighted by Crippen LogP contribution is -1.93. The Kier molecular flexibility index (Phi) is 11.3. The third-order valence-electron chi connectivity index (χ3n) is 1.11. The molecule has 1 aromatic heterocycles. The van der Waals surface area contributed by atoms with Gasteiger partial charge in [0.1, 0.15) is 0 Å². The van der Waals surface area contributed by atoms with Gasteiger partial charge in [-0.25, -0.2) is 4.98 Å². The lowest BCUT2D eigenvalue weighted by atomic mass is 10.5. The van der Waals surface area contributed by atoms with Crippen LogP contribution in [0, 0.1) is 0 Å². The van der Waals surface area contributed by atoms with E-state index in [1.54, 1.807) is 6.20 Å². The van der Waals surface area contributed by atoms with Crippen LogP contribution in [-0.2, 0) is 6.54 Å². The van der Waals surface area contributed by atoms with Gasteiger partial charge in [0.05, 0.1) is 6.33 Å². The topological polar surface area (TPSA) is 17.8 Å². The van der Waals surface area contributed by atoms with Gasteiger partial charge in [0.2, 0.25) is 0 Å². The Morgan fingerprint density at radius 1 is 1.36 bits per heavy atom. The standard InChI is InChI=1S/C6H9BrN2.2BrH/c7-2-1-4-9-5-3-8-6-9;;/h3,5-6H,1-2,4H2;2*1H. The van der Waals surface area contributed by atoms with E-state index in [0.717, 1.165) is 18.3 Å². The monoisotopic (exact) mass is 348 g/mol. The molecule has 0 aliphatic heterocycles. The number of hydrogen-bond donors (Lipinski definition) is 0. The second kappa shape index (κ2) is 8.74. The first-order valence-electron chi connectivity index (χ1n) is 2.95. The summed E-state index contributed by atoms with van der Waals surface area (Å²) in [5, 5.41) is 1.06.